The van der Waals surface area contributed by atoms with Gasteiger partial charge in [-0.1, -0.05) is 54.2 Å². The molecular weight excluding hydrogens is 352 g/mol. The van der Waals surface area contributed by atoms with Gasteiger partial charge < -0.3 is 10.1 Å². The van der Waals surface area contributed by atoms with Crippen molar-refractivity contribution in [2.45, 2.75) is 10.9 Å². The van der Waals surface area contributed by atoms with Gasteiger partial charge in [0.25, 0.3) is 0 Å². The minimum Gasteiger partial charge on any atom is -0.497 e. The predicted molar refractivity (Wildman–Crippen MR) is 103 cm³/mol. The van der Waals surface area contributed by atoms with E-state index in [0.717, 1.165) is 26.9 Å². The Morgan fingerprint density at radius 2 is 1.92 bits per heavy atom. The lowest BCUT2D eigenvalue weighted by atomic mass is 10.2. The quantitative estimate of drug-likeness (QED) is 0.633. The summed E-state index contributed by atoms with van der Waals surface area (Å²) < 4.78 is 6.02. The summed E-state index contributed by atoms with van der Waals surface area (Å²) in [6.07, 6.45) is 0. The number of aromatic nitrogens is 1. The van der Waals surface area contributed by atoms with Crippen molar-refractivity contribution >= 4 is 29.0 Å². The van der Waals surface area contributed by atoms with Crippen molar-refractivity contribution in [2.24, 2.45) is 0 Å². The molecule has 0 spiro atoms. The maximum atomic E-state index is 12.0. The molecule has 1 aromatic heterocycles. The van der Waals surface area contributed by atoms with Crippen LogP contribution in [0.15, 0.2) is 64.3 Å². The predicted octanol–water partition coefficient (Wildman–Crippen LogP) is 4.23. The Labute approximate surface area is 155 Å². The van der Waals surface area contributed by atoms with Crippen molar-refractivity contribution in [3.8, 4) is 17.0 Å². The fourth-order valence-corrected chi connectivity index (χ4v) is 3.85. The van der Waals surface area contributed by atoms with E-state index < -0.39 is 0 Å². The van der Waals surface area contributed by atoms with E-state index in [-0.39, 0.29) is 5.91 Å². The van der Waals surface area contributed by atoms with Crippen LogP contribution in [-0.4, -0.2) is 23.8 Å². The van der Waals surface area contributed by atoms with E-state index in [1.165, 1.54) is 11.8 Å². The molecule has 0 aliphatic rings. The van der Waals surface area contributed by atoms with Crippen molar-refractivity contribution in [3.63, 3.8) is 0 Å². The number of ether oxygens (including phenoxy) is 1. The van der Waals surface area contributed by atoms with Crippen molar-refractivity contribution in [3.05, 3.63) is 65.5 Å². The highest BCUT2D eigenvalue weighted by atomic mass is 32.2. The van der Waals surface area contributed by atoms with E-state index in [9.17, 15) is 4.79 Å². The van der Waals surface area contributed by atoms with Gasteiger partial charge in [-0.05, 0) is 17.7 Å². The standard InChI is InChI=1S/C19H18N2O2S2/c1-23-16-9-7-14(8-10-16)11-20-18(22)13-25-19-21-17(12-24-19)15-5-3-2-4-6-15/h2-10,12H,11,13H2,1H3,(H,20,22). The molecule has 0 saturated carbocycles. The molecule has 3 rings (SSSR count). The van der Waals surface area contributed by atoms with Gasteiger partial charge in [0.1, 0.15) is 5.75 Å². The first-order valence-electron chi connectivity index (χ1n) is 7.78. The van der Waals surface area contributed by atoms with Gasteiger partial charge >= 0.3 is 0 Å². The molecule has 4 nitrogen and oxygen atoms in total. The highest BCUT2D eigenvalue weighted by Crippen LogP contribution is 2.27. The van der Waals surface area contributed by atoms with Gasteiger partial charge in [-0.15, -0.1) is 11.3 Å². The van der Waals surface area contributed by atoms with Crippen LogP contribution in [-0.2, 0) is 11.3 Å². The summed E-state index contributed by atoms with van der Waals surface area (Å²) in [7, 11) is 1.63. The smallest absolute Gasteiger partial charge is 0.230 e. The van der Waals surface area contributed by atoms with Gasteiger partial charge in [0.2, 0.25) is 5.91 Å². The Kier molecular flexibility index (Phi) is 6.09. The second-order valence-corrected chi connectivity index (χ2v) is 7.36. The number of benzene rings is 2. The number of hydrogen-bond acceptors (Lipinski definition) is 5. The van der Waals surface area contributed by atoms with E-state index in [2.05, 4.69) is 10.3 Å². The Hall–Kier alpha value is -2.31. The van der Waals surface area contributed by atoms with Gasteiger partial charge in [0.15, 0.2) is 4.34 Å². The normalized spacial score (nSPS) is 10.4. The number of nitrogens with one attached hydrogen (secondary N) is 1. The number of thiazole rings is 1. The van der Waals surface area contributed by atoms with Gasteiger partial charge in [-0.2, -0.15) is 0 Å². The molecule has 25 heavy (non-hydrogen) atoms. The molecule has 0 aliphatic heterocycles. The van der Waals surface area contributed by atoms with Crippen molar-refractivity contribution in [1.29, 1.82) is 0 Å². The van der Waals surface area contributed by atoms with Crippen LogP contribution in [0.2, 0.25) is 0 Å². The zero-order valence-electron chi connectivity index (χ0n) is 13.8. The molecule has 0 radical (unpaired) electrons. The van der Waals surface area contributed by atoms with Gasteiger partial charge in [0, 0.05) is 17.5 Å². The lowest BCUT2D eigenvalue weighted by molar-refractivity contribution is -0.118. The van der Waals surface area contributed by atoms with Crippen LogP contribution in [0.5, 0.6) is 5.75 Å². The number of hydrogen-bond donors (Lipinski definition) is 1. The molecule has 1 heterocycles. The first-order chi connectivity index (χ1) is 12.2. The zero-order valence-corrected chi connectivity index (χ0v) is 15.4. The molecule has 6 heteroatoms. The number of rotatable bonds is 7. The van der Waals surface area contributed by atoms with Crippen LogP contribution in [0.25, 0.3) is 11.3 Å². The third-order valence-corrected chi connectivity index (χ3v) is 5.55. The molecule has 1 N–H and O–H groups in total. The van der Waals surface area contributed by atoms with Crippen LogP contribution in [0.4, 0.5) is 0 Å². The number of carbonyl (C=O) groups is 1. The molecule has 0 bridgehead atoms. The highest BCUT2D eigenvalue weighted by molar-refractivity contribution is 8.01. The molecule has 1 amide bonds. The lowest BCUT2D eigenvalue weighted by Crippen LogP contribution is -2.24. The van der Waals surface area contributed by atoms with Gasteiger partial charge in [-0.25, -0.2) is 4.98 Å². The third-order valence-electron chi connectivity index (χ3n) is 3.53. The summed E-state index contributed by atoms with van der Waals surface area (Å²) in [6.45, 7) is 0.510. The summed E-state index contributed by atoms with van der Waals surface area (Å²) in [5.74, 6) is 1.17. The van der Waals surface area contributed by atoms with Crippen molar-refractivity contribution in [2.75, 3.05) is 12.9 Å². The molecule has 0 saturated heterocycles. The average molecular weight is 370 g/mol. The SMILES string of the molecule is COc1ccc(CNC(=O)CSc2nc(-c3ccccc3)cs2)cc1. The van der Waals surface area contributed by atoms with E-state index >= 15 is 0 Å². The second-order valence-electron chi connectivity index (χ2n) is 5.28. The maximum Gasteiger partial charge on any atom is 0.230 e. The number of methoxy groups -OCH3 is 1. The summed E-state index contributed by atoms with van der Waals surface area (Å²) in [5.41, 5.74) is 3.08. The topological polar surface area (TPSA) is 51.2 Å². The molecule has 0 aliphatic carbocycles. The van der Waals surface area contributed by atoms with Crippen LogP contribution in [0.1, 0.15) is 5.56 Å². The Bertz CT molecular complexity index is 817. The molecule has 0 unspecified atom stereocenters. The maximum absolute atomic E-state index is 12.0. The van der Waals surface area contributed by atoms with Crippen LogP contribution in [0.3, 0.4) is 0 Å². The average Bonchev–Trinajstić information content (AvgIpc) is 3.15. The summed E-state index contributed by atoms with van der Waals surface area (Å²) in [4.78, 5) is 16.6. The lowest BCUT2D eigenvalue weighted by Gasteiger charge is -2.05. The fraction of sp³-hybridized carbons (Fsp3) is 0.158. The van der Waals surface area contributed by atoms with Crippen molar-refractivity contribution < 1.29 is 9.53 Å². The molecule has 0 fully saturated rings. The number of thioether (sulfide) groups is 1. The Morgan fingerprint density at radius 3 is 2.64 bits per heavy atom. The minimum atomic E-state index is -0.00252. The van der Waals surface area contributed by atoms with Gasteiger partial charge in [-0.3, -0.25) is 4.79 Å². The number of nitrogens with zero attached hydrogens (tertiary/aromatic N) is 1. The van der Waals surface area contributed by atoms with Crippen molar-refractivity contribution in [1.82, 2.24) is 10.3 Å². The van der Waals surface area contributed by atoms with E-state index in [1.54, 1.807) is 18.4 Å². The first-order valence-corrected chi connectivity index (χ1v) is 9.64. The number of amides is 1. The summed E-state index contributed by atoms with van der Waals surface area (Å²) >= 11 is 3.02. The second kappa shape index (κ2) is 8.69. The van der Waals surface area contributed by atoms with E-state index in [4.69, 9.17) is 4.74 Å². The number of carbonyl (C=O) groups excluding carboxylic acids is 1. The van der Waals surface area contributed by atoms with Gasteiger partial charge in [0.05, 0.1) is 18.6 Å². The fourth-order valence-electron chi connectivity index (χ4n) is 2.19. The van der Waals surface area contributed by atoms with E-state index in [0.29, 0.717) is 12.3 Å². The Morgan fingerprint density at radius 1 is 1.16 bits per heavy atom. The monoisotopic (exact) mass is 370 g/mol. The zero-order chi connectivity index (χ0) is 17.5. The minimum absolute atomic E-state index is 0.00252. The first kappa shape index (κ1) is 17.5. The summed E-state index contributed by atoms with van der Waals surface area (Å²) in [6, 6.07) is 17.7. The molecule has 2 aromatic carbocycles. The molecule has 128 valence electrons. The van der Waals surface area contributed by atoms with E-state index in [1.807, 2.05) is 60.0 Å². The molecule has 3 aromatic rings. The molecule has 0 atom stereocenters. The highest BCUT2D eigenvalue weighted by Gasteiger charge is 2.08. The van der Waals surface area contributed by atoms with Crippen LogP contribution < -0.4 is 10.1 Å². The van der Waals surface area contributed by atoms with Crippen LogP contribution in [0, 0.1) is 0 Å². The largest absolute Gasteiger partial charge is 0.497 e. The van der Waals surface area contributed by atoms with Crippen LogP contribution >= 0.6 is 23.1 Å². The molecular formula is C19H18N2O2S2. The summed E-state index contributed by atoms with van der Waals surface area (Å²) in [5, 5.41) is 4.94. The Balaban J connectivity index is 1.46. The third kappa shape index (κ3) is 5.08.